The highest BCUT2D eigenvalue weighted by Gasteiger charge is 2.10. The average Bonchev–Trinajstić information content (AvgIpc) is 2.39. The van der Waals surface area contributed by atoms with Gasteiger partial charge in [-0.1, -0.05) is 22.0 Å². The van der Waals surface area contributed by atoms with E-state index in [1.807, 2.05) is 12.1 Å². The lowest BCUT2D eigenvalue weighted by molar-refractivity contribution is 0.301. The van der Waals surface area contributed by atoms with Gasteiger partial charge in [0.2, 0.25) is 0 Å². The third kappa shape index (κ3) is 3.81. The molecule has 0 fully saturated rings. The topological polar surface area (TPSA) is 35.2 Å². The van der Waals surface area contributed by atoms with Crippen LogP contribution in [0.4, 0.5) is 4.39 Å². The van der Waals surface area contributed by atoms with E-state index in [-0.39, 0.29) is 5.82 Å². The van der Waals surface area contributed by atoms with Crippen LogP contribution in [0.2, 0.25) is 0 Å². The van der Waals surface area contributed by atoms with E-state index in [9.17, 15) is 4.39 Å². The number of nitrogens with two attached hydrogens (primary N) is 1. The second-order valence-electron chi connectivity index (χ2n) is 4.12. The fraction of sp³-hybridized carbons (Fsp3) is 0.143. The molecule has 20 heavy (non-hydrogen) atoms. The molecule has 0 atom stereocenters. The first-order valence-corrected chi connectivity index (χ1v) is 8.14. The van der Waals surface area contributed by atoms with Crippen LogP contribution in [0.25, 0.3) is 0 Å². The van der Waals surface area contributed by atoms with Crippen molar-refractivity contribution >= 4 is 47.8 Å². The first-order chi connectivity index (χ1) is 9.51. The van der Waals surface area contributed by atoms with Gasteiger partial charge in [0.25, 0.3) is 0 Å². The molecule has 0 saturated carbocycles. The van der Waals surface area contributed by atoms with Gasteiger partial charge in [0.1, 0.15) is 18.2 Å². The molecule has 0 radical (unpaired) electrons. The van der Waals surface area contributed by atoms with Crippen LogP contribution in [0.5, 0.6) is 5.75 Å². The van der Waals surface area contributed by atoms with E-state index in [1.165, 1.54) is 12.1 Å². The summed E-state index contributed by atoms with van der Waals surface area (Å²) in [6.07, 6.45) is 0. The van der Waals surface area contributed by atoms with Gasteiger partial charge in [-0.05, 0) is 61.7 Å². The molecule has 0 bridgehead atoms. The number of hydrogen-bond donors (Lipinski definition) is 1. The maximum Gasteiger partial charge on any atom is 0.148 e. The quantitative estimate of drug-likeness (QED) is 0.674. The molecule has 106 valence electrons. The lowest BCUT2D eigenvalue weighted by Gasteiger charge is -2.12. The zero-order valence-corrected chi connectivity index (χ0v) is 15.1. The average molecular weight is 468 g/mol. The highest BCUT2D eigenvalue weighted by Crippen LogP contribution is 2.35. The monoisotopic (exact) mass is 465 g/mol. The number of halogens is 4. The van der Waals surface area contributed by atoms with E-state index in [2.05, 4.69) is 47.8 Å². The van der Waals surface area contributed by atoms with E-state index < -0.39 is 0 Å². The normalized spacial score (nSPS) is 10.7. The molecule has 0 aliphatic rings. The lowest BCUT2D eigenvalue weighted by atomic mass is 10.2. The maximum absolute atomic E-state index is 13.0. The van der Waals surface area contributed by atoms with Crippen LogP contribution >= 0.6 is 47.8 Å². The Bertz CT molecular complexity index is 611. The molecule has 0 unspecified atom stereocenters. The van der Waals surface area contributed by atoms with E-state index >= 15 is 0 Å². The highest BCUT2D eigenvalue weighted by molar-refractivity contribution is 9.11. The molecule has 0 spiro atoms. The van der Waals surface area contributed by atoms with Crippen LogP contribution in [0, 0.1) is 5.82 Å². The van der Waals surface area contributed by atoms with Crippen LogP contribution in [-0.4, -0.2) is 0 Å². The van der Waals surface area contributed by atoms with E-state index in [0.29, 0.717) is 23.4 Å². The number of hydrogen-bond acceptors (Lipinski definition) is 2. The van der Waals surface area contributed by atoms with Crippen molar-refractivity contribution < 1.29 is 9.13 Å². The molecule has 0 heterocycles. The molecule has 2 aromatic rings. The van der Waals surface area contributed by atoms with Crippen molar-refractivity contribution in [3.63, 3.8) is 0 Å². The molecule has 0 saturated heterocycles. The van der Waals surface area contributed by atoms with Gasteiger partial charge in [-0.15, -0.1) is 0 Å². The lowest BCUT2D eigenvalue weighted by Crippen LogP contribution is -2.01. The zero-order valence-electron chi connectivity index (χ0n) is 10.3. The molecule has 2 N–H and O–H groups in total. The molecule has 0 amide bonds. The minimum atomic E-state index is -0.282. The molecule has 2 aromatic carbocycles. The van der Waals surface area contributed by atoms with Crippen molar-refractivity contribution in [2.75, 3.05) is 0 Å². The van der Waals surface area contributed by atoms with Gasteiger partial charge < -0.3 is 10.5 Å². The maximum atomic E-state index is 13.0. The van der Waals surface area contributed by atoms with Crippen LogP contribution in [-0.2, 0) is 13.2 Å². The highest BCUT2D eigenvalue weighted by atomic mass is 79.9. The third-order valence-electron chi connectivity index (χ3n) is 2.68. The SMILES string of the molecule is NCc1cc(Br)c(OCc2ccc(F)cc2Br)c(Br)c1. The van der Waals surface area contributed by atoms with Gasteiger partial charge in [0.15, 0.2) is 0 Å². The van der Waals surface area contributed by atoms with Gasteiger partial charge in [-0.25, -0.2) is 4.39 Å². The Labute approximate surface area is 141 Å². The largest absolute Gasteiger partial charge is 0.486 e. The summed E-state index contributed by atoms with van der Waals surface area (Å²) in [4.78, 5) is 0. The van der Waals surface area contributed by atoms with Crippen molar-refractivity contribution in [2.24, 2.45) is 5.73 Å². The fourth-order valence-electron chi connectivity index (χ4n) is 1.66. The van der Waals surface area contributed by atoms with E-state index in [1.54, 1.807) is 6.07 Å². The molecule has 0 aliphatic heterocycles. The van der Waals surface area contributed by atoms with Crippen molar-refractivity contribution in [1.29, 1.82) is 0 Å². The van der Waals surface area contributed by atoms with Crippen LogP contribution in [0.1, 0.15) is 11.1 Å². The first-order valence-electron chi connectivity index (χ1n) is 5.76. The van der Waals surface area contributed by atoms with Gasteiger partial charge in [0.05, 0.1) is 8.95 Å². The Morgan fingerprint density at radius 1 is 1.00 bits per heavy atom. The Morgan fingerprint density at radius 2 is 1.65 bits per heavy atom. The summed E-state index contributed by atoms with van der Waals surface area (Å²) >= 11 is 10.2. The van der Waals surface area contributed by atoms with Crippen molar-refractivity contribution in [3.05, 3.63) is 60.7 Å². The molecule has 6 heteroatoms. The predicted molar refractivity (Wildman–Crippen MR) is 88.2 cm³/mol. The minimum absolute atomic E-state index is 0.282. The summed E-state index contributed by atoms with van der Waals surface area (Å²) in [5.74, 6) is 0.411. The molecule has 2 nitrogen and oxygen atoms in total. The number of ether oxygens (including phenoxy) is 1. The second kappa shape index (κ2) is 7.02. The molecule has 0 aliphatic carbocycles. The van der Waals surface area contributed by atoms with Crippen molar-refractivity contribution in [3.8, 4) is 5.75 Å². The molecule has 0 aromatic heterocycles. The van der Waals surface area contributed by atoms with Gasteiger partial charge >= 0.3 is 0 Å². The predicted octanol–water partition coefficient (Wildman–Crippen LogP) is 5.15. The van der Waals surface area contributed by atoms with E-state index in [4.69, 9.17) is 10.5 Å². The molecular weight excluding hydrogens is 457 g/mol. The summed E-state index contributed by atoms with van der Waals surface area (Å²) in [6.45, 7) is 0.793. The zero-order chi connectivity index (χ0) is 14.7. The Kier molecular flexibility index (Phi) is 5.60. The summed E-state index contributed by atoms with van der Waals surface area (Å²) in [6, 6.07) is 8.35. The van der Waals surface area contributed by atoms with Crippen molar-refractivity contribution in [1.82, 2.24) is 0 Å². The van der Waals surface area contributed by atoms with Crippen molar-refractivity contribution in [2.45, 2.75) is 13.2 Å². The summed E-state index contributed by atoms with van der Waals surface area (Å²) in [5.41, 5.74) is 7.48. The first kappa shape index (κ1) is 15.9. The summed E-state index contributed by atoms with van der Waals surface area (Å²) in [5, 5.41) is 0. The minimum Gasteiger partial charge on any atom is -0.486 e. The van der Waals surface area contributed by atoms with Gasteiger partial charge in [-0.3, -0.25) is 0 Å². The molecular formula is C14H11Br3FNO. The Morgan fingerprint density at radius 3 is 2.20 bits per heavy atom. The Balaban J connectivity index is 2.19. The standard InChI is InChI=1S/C14H11Br3FNO/c15-11-5-10(18)2-1-9(11)7-20-14-12(16)3-8(6-19)4-13(14)17/h1-5H,6-7,19H2. The summed E-state index contributed by atoms with van der Waals surface area (Å²) < 4.78 is 21.1. The molecule has 2 rings (SSSR count). The Hall–Kier alpha value is -0.430. The third-order valence-corrected chi connectivity index (χ3v) is 4.60. The fourth-order valence-corrected chi connectivity index (χ4v) is 3.63. The van der Waals surface area contributed by atoms with Crippen LogP contribution < -0.4 is 10.5 Å². The smallest absolute Gasteiger partial charge is 0.148 e. The van der Waals surface area contributed by atoms with Gasteiger partial charge in [-0.2, -0.15) is 0 Å². The van der Waals surface area contributed by atoms with Gasteiger partial charge in [0, 0.05) is 16.6 Å². The van der Waals surface area contributed by atoms with Crippen LogP contribution in [0.3, 0.4) is 0 Å². The second-order valence-corrected chi connectivity index (χ2v) is 6.68. The number of rotatable bonds is 4. The van der Waals surface area contributed by atoms with E-state index in [0.717, 1.165) is 20.1 Å². The number of benzene rings is 2. The summed E-state index contributed by atoms with van der Waals surface area (Å²) in [7, 11) is 0. The van der Waals surface area contributed by atoms with Crippen LogP contribution in [0.15, 0.2) is 43.7 Å².